The van der Waals surface area contributed by atoms with Gasteiger partial charge in [-0.3, -0.25) is 0 Å². The molecule has 0 saturated heterocycles. The largest absolute Gasteiger partial charge is 0.477 e. The lowest BCUT2D eigenvalue weighted by Crippen LogP contribution is -1.98. The van der Waals surface area contributed by atoms with E-state index in [1.165, 1.54) is 17.8 Å². The van der Waals surface area contributed by atoms with E-state index >= 15 is 0 Å². The lowest BCUT2D eigenvalue weighted by Gasteiger charge is -2.02. The molecular formula is C12H8BrNO2S. The molecule has 0 aliphatic heterocycles. The van der Waals surface area contributed by atoms with E-state index in [1.807, 2.05) is 24.3 Å². The maximum atomic E-state index is 10.6. The SMILES string of the molecule is O=C(O)c1ccc(Sc2cccc(Br)c2)cn1. The molecule has 0 radical (unpaired) electrons. The van der Waals surface area contributed by atoms with Gasteiger partial charge in [-0.1, -0.05) is 33.8 Å². The molecule has 2 rings (SSSR count). The lowest BCUT2D eigenvalue weighted by molar-refractivity contribution is 0.0690. The molecule has 0 fully saturated rings. The number of nitrogens with zero attached hydrogens (tertiary/aromatic N) is 1. The van der Waals surface area contributed by atoms with E-state index in [0.717, 1.165) is 14.3 Å². The molecule has 1 N–H and O–H groups in total. The van der Waals surface area contributed by atoms with Gasteiger partial charge in [-0.25, -0.2) is 9.78 Å². The number of halogens is 1. The fraction of sp³-hybridized carbons (Fsp3) is 0. The van der Waals surface area contributed by atoms with Gasteiger partial charge >= 0.3 is 5.97 Å². The second-order valence-electron chi connectivity index (χ2n) is 3.24. The first-order valence-corrected chi connectivity index (χ1v) is 6.39. The van der Waals surface area contributed by atoms with E-state index in [-0.39, 0.29) is 5.69 Å². The Kier molecular flexibility index (Phi) is 3.81. The van der Waals surface area contributed by atoms with Gasteiger partial charge < -0.3 is 5.11 Å². The number of carbonyl (C=O) groups is 1. The van der Waals surface area contributed by atoms with Crippen molar-refractivity contribution in [1.29, 1.82) is 0 Å². The summed E-state index contributed by atoms with van der Waals surface area (Å²) in [5, 5.41) is 8.73. The smallest absolute Gasteiger partial charge is 0.354 e. The zero-order chi connectivity index (χ0) is 12.3. The summed E-state index contributed by atoms with van der Waals surface area (Å²) in [7, 11) is 0. The Hall–Kier alpha value is -1.33. The summed E-state index contributed by atoms with van der Waals surface area (Å²) in [6.07, 6.45) is 1.56. The van der Waals surface area contributed by atoms with Crippen LogP contribution in [0.4, 0.5) is 0 Å². The highest BCUT2D eigenvalue weighted by Gasteiger charge is 2.04. The molecule has 1 aromatic heterocycles. The number of carboxylic acids is 1. The monoisotopic (exact) mass is 309 g/mol. The molecule has 5 heteroatoms. The van der Waals surface area contributed by atoms with Gasteiger partial charge in [0.15, 0.2) is 0 Å². The van der Waals surface area contributed by atoms with Crippen LogP contribution in [0.1, 0.15) is 10.5 Å². The molecule has 0 aliphatic carbocycles. The van der Waals surface area contributed by atoms with Crippen LogP contribution in [0, 0.1) is 0 Å². The topological polar surface area (TPSA) is 50.2 Å². The first kappa shape index (κ1) is 12.1. The normalized spacial score (nSPS) is 10.2. The van der Waals surface area contributed by atoms with Gasteiger partial charge in [0.25, 0.3) is 0 Å². The van der Waals surface area contributed by atoms with Crippen molar-refractivity contribution in [3.05, 3.63) is 52.8 Å². The van der Waals surface area contributed by atoms with Crippen LogP contribution < -0.4 is 0 Å². The number of hydrogen-bond donors (Lipinski definition) is 1. The summed E-state index contributed by atoms with van der Waals surface area (Å²) < 4.78 is 1.01. The van der Waals surface area contributed by atoms with E-state index in [0.29, 0.717) is 0 Å². The summed E-state index contributed by atoms with van der Waals surface area (Å²) in [5.41, 5.74) is 0.0589. The van der Waals surface area contributed by atoms with E-state index in [9.17, 15) is 4.79 Å². The fourth-order valence-corrected chi connectivity index (χ4v) is 2.63. The van der Waals surface area contributed by atoms with Crippen LogP contribution in [0.25, 0.3) is 0 Å². The Bertz CT molecular complexity index is 542. The lowest BCUT2D eigenvalue weighted by atomic mass is 10.4. The number of pyridine rings is 1. The van der Waals surface area contributed by atoms with Crippen molar-refractivity contribution in [2.24, 2.45) is 0 Å². The number of rotatable bonds is 3. The van der Waals surface area contributed by atoms with Crippen molar-refractivity contribution in [1.82, 2.24) is 4.98 Å². The minimum Gasteiger partial charge on any atom is -0.477 e. The summed E-state index contributed by atoms with van der Waals surface area (Å²) in [6.45, 7) is 0. The average Bonchev–Trinajstić information content (AvgIpc) is 2.29. The molecule has 2 aromatic rings. The van der Waals surface area contributed by atoms with Gasteiger partial charge in [0.2, 0.25) is 0 Å². The number of aromatic nitrogens is 1. The van der Waals surface area contributed by atoms with Crippen LogP contribution >= 0.6 is 27.7 Å². The van der Waals surface area contributed by atoms with Crippen LogP contribution in [0.3, 0.4) is 0 Å². The standard InChI is InChI=1S/C12H8BrNO2S/c13-8-2-1-3-9(6-8)17-10-4-5-11(12(15)16)14-7-10/h1-7H,(H,15,16). The Morgan fingerprint density at radius 3 is 2.65 bits per heavy atom. The molecule has 0 bridgehead atoms. The minimum absolute atomic E-state index is 0.0589. The van der Waals surface area contributed by atoms with Crippen molar-refractivity contribution in [3.63, 3.8) is 0 Å². The van der Waals surface area contributed by atoms with Crippen molar-refractivity contribution >= 4 is 33.7 Å². The van der Waals surface area contributed by atoms with Crippen LogP contribution in [0.15, 0.2) is 56.9 Å². The first-order chi connectivity index (χ1) is 8.15. The van der Waals surface area contributed by atoms with Gasteiger partial charge in [-0.15, -0.1) is 0 Å². The number of benzene rings is 1. The maximum Gasteiger partial charge on any atom is 0.354 e. The van der Waals surface area contributed by atoms with Crippen LogP contribution in [0.2, 0.25) is 0 Å². The third-order valence-corrected chi connectivity index (χ3v) is 3.45. The third kappa shape index (κ3) is 3.31. The number of carboxylic acid groups (broad SMARTS) is 1. The first-order valence-electron chi connectivity index (χ1n) is 4.78. The number of aromatic carboxylic acids is 1. The van der Waals surface area contributed by atoms with Crippen molar-refractivity contribution < 1.29 is 9.90 Å². The minimum atomic E-state index is -1.01. The molecule has 3 nitrogen and oxygen atoms in total. The van der Waals surface area contributed by atoms with Gasteiger partial charge in [0, 0.05) is 20.5 Å². The van der Waals surface area contributed by atoms with Crippen LogP contribution in [0.5, 0.6) is 0 Å². The van der Waals surface area contributed by atoms with E-state index in [4.69, 9.17) is 5.11 Å². The van der Waals surface area contributed by atoms with Crippen molar-refractivity contribution in [3.8, 4) is 0 Å². The van der Waals surface area contributed by atoms with Gasteiger partial charge in [-0.05, 0) is 30.3 Å². The highest BCUT2D eigenvalue weighted by atomic mass is 79.9. The Morgan fingerprint density at radius 1 is 1.24 bits per heavy atom. The predicted molar refractivity (Wildman–Crippen MR) is 69.5 cm³/mol. The van der Waals surface area contributed by atoms with Gasteiger partial charge in [0.05, 0.1) is 0 Å². The third-order valence-electron chi connectivity index (χ3n) is 1.99. The van der Waals surface area contributed by atoms with Crippen molar-refractivity contribution in [2.45, 2.75) is 9.79 Å². The molecule has 0 saturated carbocycles. The molecule has 0 atom stereocenters. The fourth-order valence-electron chi connectivity index (χ4n) is 1.23. The molecule has 0 unspecified atom stereocenters. The molecule has 0 spiro atoms. The molecule has 17 heavy (non-hydrogen) atoms. The van der Waals surface area contributed by atoms with Gasteiger partial charge in [-0.2, -0.15) is 0 Å². The predicted octanol–water partition coefficient (Wildman–Crippen LogP) is 3.69. The highest BCUT2D eigenvalue weighted by Crippen LogP contribution is 2.28. The Labute approximate surface area is 111 Å². The Morgan fingerprint density at radius 2 is 2.06 bits per heavy atom. The number of hydrogen-bond acceptors (Lipinski definition) is 3. The second-order valence-corrected chi connectivity index (χ2v) is 5.31. The zero-order valence-electron chi connectivity index (χ0n) is 8.63. The molecule has 1 heterocycles. The summed E-state index contributed by atoms with van der Waals surface area (Å²) in [5.74, 6) is -1.01. The maximum absolute atomic E-state index is 10.6. The summed E-state index contributed by atoms with van der Waals surface area (Å²) >= 11 is 4.94. The molecule has 0 amide bonds. The highest BCUT2D eigenvalue weighted by molar-refractivity contribution is 9.10. The van der Waals surface area contributed by atoms with Crippen LogP contribution in [-0.4, -0.2) is 16.1 Å². The molecule has 0 aliphatic rings. The zero-order valence-corrected chi connectivity index (χ0v) is 11.0. The molecule has 86 valence electrons. The van der Waals surface area contributed by atoms with E-state index in [1.54, 1.807) is 12.3 Å². The average molecular weight is 310 g/mol. The van der Waals surface area contributed by atoms with E-state index < -0.39 is 5.97 Å². The van der Waals surface area contributed by atoms with Crippen molar-refractivity contribution in [2.75, 3.05) is 0 Å². The second kappa shape index (κ2) is 5.33. The van der Waals surface area contributed by atoms with Gasteiger partial charge in [0.1, 0.15) is 5.69 Å². The molecular weight excluding hydrogens is 302 g/mol. The quantitative estimate of drug-likeness (QED) is 0.939. The van der Waals surface area contributed by atoms with Crippen LogP contribution in [-0.2, 0) is 0 Å². The summed E-state index contributed by atoms with van der Waals surface area (Å²) in [4.78, 5) is 16.5. The molecule has 1 aromatic carbocycles. The Balaban J connectivity index is 2.16. The summed E-state index contributed by atoms with van der Waals surface area (Å²) in [6, 6.07) is 11.1. The van der Waals surface area contributed by atoms with E-state index in [2.05, 4.69) is 20.9 Å².